The third-order valence-electron chi connectivity index (χ3n) is 5.45. The van der Waals surface area contributed by atoms with E-state index >= 15 is 0 Å². The predicted molar refractivity (Wildman–Crippen MR) is 126 cm³/mol. The van der Waals surface area contributed by atoms with Crippen molar-refractivity contribution in [3.8, 4) is 11.3 Å². The van der Waals surface area contributed by atoms with Crippen LogP contribution < -0.4 is 16.0 Å². The number of hydrogen-bond acceptors (Lipinski definition) is 6. The molecule has 1 aliphatic rings. The molecule has 0 bridgehead atoms. The number of hydrogen-bond donors (Lipinski definition) is 3. The monoisotopic (exact) mass is 422 g/mol. The summed E-state index contributed by atoms with van der Waals surface area (Å²) in [7, 11) is 0. The molecule has 1 unspecified atom stereocenters. The van der Waals surface area contributed by atoms with Crippen LogP contribution >= 0.6 is 0 Å². The van der Waals surface area contributed by atoms with Crippen molar-refractivity contribution in [2.24, 2.45) is 0 Å². The summed E-state index contributed by atoms with van der Waals surface area (Å²) in [5.41, 5.74) is 6.43. The van der Waals surface area contributed by atoms with E-state index in [1.807, 2.05) is 67.6 Å². The van der Waals surface area contributed by atoms with Crippen LogP contribution in [-0.2, 0) is 11.2 Å². The Morgan fingerprint density at radius 3 is 2.81 bits per heavy atom. The van der Waals surface area contributed by atoms with Gasteiger partial charge in [-0.05, 0) is 54.4 Å². The fourth-order valence-electron chi connectivity index (χ4n) is 3.73. The molecule has 0 saturated heterocycles. The van der Waals surface area contributed by atoms with E-state index < -0.39 is 0 Å². The van der Waals surface area contributed by atoms with Crippen molar-refractivity contribution in [3.05, 3.63) is 90.4 Å². The van der Waals surface area contributed by atoms with Gasteiger partial charge < -0.3 is 16.0 Å². The first kappa shape index (κ1) is 19.7. The number of carbonyl (C=O) groups is 1. The van der Waals surface area contributed by atoms with Crippen LogP contribution in [0.2, 0.25) is 0 Å². The molecule has 2 aromatic heterocycles. The van der Waals surface area contributed by atoms with E-state index in [1.54, 1.807) is 18.6 Å². The molecule has 0 radical (unpaired) electrons. The van der Waals surface area contributed by atoms with Crippen molar-refractivity contribution < 1.29 is 4.79 Å². The quantitative estimate of drug-likeness (QED) is 0.437. The summed E-state index contributed by atoms with van der Waals surface area (Å²) in [4.78, 5) is 25.9. The number of nitrogens with one attached hydrogen (secondary N) is 3. The van der Waals surface area contributed by atoms with Crippen molar-refractivity contribution in [2.45, 2.75) is 19.4 Å². The van der Waals surface area contributed by atoms with Crippen LogP contribution in [0.15, 0.2) is 79.3 Å². The maximum Gasteiger partial charge on any atom is 0.247 e. The summed E-state index contributed by atoms with van der Waals surface area (Å²) in [6.07, 6.45) is 5.88. The van der Waals surface area contributed by atoms with E-state index in [4.69, 9.17) is 0 Å². The minimum absolute atomic E-state index is 0.0640. The van der Waals surface area contributed by atoms with Crippen LogP contribution in [0.25, 0.3) is 11.3 Å². The molecule has 4 aromatic rings. The van der Waals surface area contributed by atoms with Gasteiger partial charge in [0.2, 0.25) is 11.9 Å². The summed E-state index contributed by atoms with van der Waals surface area (Å²) < 4.78 is 0. The first-order chi connectivity index (χ1) is 15.7. The van der Waals surface area contributed by atoms with Gasteiger partial charge in [-0.2, -0.15) is 0 Å². The lowest BCUT2D eigenvalue weighted by atomic mass is 10.1. The van der Waals surface area contributed by atoms with Gasteiger partial charge in [-0.1, -0.05) is 24.3 Å². The van der Waals surface area contributed by atoms with Gasteiger partial charge >= 0.3 is 0 Å². The second kappa shape index (κ2) is 8.47. The standard InChI is InChI=1S/C25H22N6O/c1-16-8-9-19(28-24(32)23-13-17-5-2-3-7-20(17)29-23)14-22(16)31-25-27-12-10-21(30-25)18-6-4-11-26-15-18/h2-12,14-15,23,29H,13H2,1H3,(H,28,32)(H,27,30,31). The molecule has 7 heteroatoms. The SMILES string of the molecule is Cc1ccc(NC(=O)C2Cc3ccccc3N2)cc1Nc1nccc(-c2cccnc2)n1. The minimum atomic E-state index is -0.287. The summed E-state index contributed by atoms with van der Waals surface area (Å²) in [6, 6.07) is 19.1. The van der Waals surface area contributed by atoms with Gasteiger partial charge in [0.15, 0.2) is 0 Å². The molecule has 0 spiro atoms. The summed E-state index contributed by atoms with van der Waals surface area (Å²) >= 11 is 0. The highest BCUT2D eigenvalue weighted by atomic mass is 16.2. The van der Waals surface area contributed by atoms with E-state index in [1.165, 1.54) is 0 Å². The number of aryl methyl sites for hydroxylation is 1. The van der Waals surface area contributed by atoms with Crippen molar-refractivity contribution in [3.63, 3.8) is 0 Å². The molecular formula is C25H22N6O. The topological polar surface area (TPSA) is 91.8 Å². The molecule has 158 valence electrons. The number of carbonyl (C=O) groups excluding carboxylic acids is 1. The predicted octanol–water partition coefficient (Wildman–Crippen LogP) is 4.57. The molecule has 1 atom stereocenters. The number of rotatable bonds is 5. The highest BCUT2D eigenvalue weighted by Crippen LogP contribution is 2.27. The third-order valence-corrected chi connectivity index (χ3v) is 5.45. The number of amides is 1. The number of pyridine rings is 1. The zero-order chi connectivity index (χ0) is 21.9. The lowest BCUT2D eigenvalue weighted by molar-refractivity contribution is -0.116. The highest BCUT2D eigenvalue weighted by Gasteiger charge is 2.26. The smallest absolute Gasteiger partial charge is 0.247 e. The van der Waals surface area contributed by atoms with Gasteiger partial charge in [-0.25, -0.2) is 9.97 Å². The van der Waals surface area contributed by atoms with Crippen molar-refractivity contribution in [1.29, 1.82) is 0 Å². The van der Waals surface area contributed by atoms with Gasteiger partial charge in [0.05, 0.1) is 5.69 Å². The maximum absolute atomic E-state index is 12.8. The molecule has 3 N–H and O–H groups in total. The van der Waals surface area contributed by atoms with Crippen LogP contribution in [0, 0.1) is 6.92 Å². The largest absolute Gasteiger partial charge is 0.373 e. The Morgan fingerprint density at radius 1 is 1.06 bits per heavy atom. The second-order valence-corrected chi connectivity index (χ2v) is 7.71. The zero-order valence-electron chi connectivity index (χ0n) is 17.5. The van der Waals surface area contributed by atoms with Crippen molar-refractivity contribution in [1.82, 2.24) is 15.0 Å². The Bertz CT molecular complexity index is 1250. The Kier molecular flexibility index (Phi) is 5.21. The van der Waals surface area contributed by atoms with E-state index in [0.29, 0.717) is 18.1 Å². The lowest BCUT2D eigenvalue weighted by Crippen LogP contribution is -2.32. The average molecular weight is 422 g/mol. The van der Waals surface area contributed by atoms with Gasteiger partial charge in [0, 0.05) is 47.6 Å². The third kappa shape index (κ3) is 4.13. The summed E-state index contributed by atoms with van der Waals surface area (Å²) in [6.45, 7) is 1.99. The Labute approximate surface area is 186 Å². The summed E-state index contributed by atoms with van der Waals surface area (Å²) in [5.74, 6) is 0.414. The van der Waals surface area contributed by atoms with E-state index in [2.05, 4.69) is 30.9 Å². The van der Waals surface area contributed by atoms with Gasteiger partial charge in [-0.15, -0.1) is 0 Å². The van der Waals surface area contributed by atoms with Gasteiger partial charge in [0.25, 0.3) is 0 Å². The molecule has 32 heavy (non-hydrogen) atoms. The number of aromatic nitrogens is 3. The first-order valence-corrected chi connectivity index (χ1v) is 10.4. The van der Waals surface area contributed by atoms with Crippen molar-refractivity contribution in [2.75, 3.05) is 16.0 Å². The molecule has 2 aromatic carbocycles. The summed E-state index contributed by atoms with van der Waals surface area (Å²) in [5, 5.41) is 9.58. The number of nitrogens with zero attached hydrogens (tertiary/aromatic N) is 3. The molecule has 7 nitrogen and oxygen atoms in total. The van der Waals surface area contributed by atoms with Crippen LogP contribution in [0.3, 0.4) is 0 Å². The Hall–Kier alpha value is -4.26. The highest BCUT2D eigenvalue weighted by molar-refractivity contribution is 5.98. The van der Waals surface area contributed by atoms with Crippen molar-refractivity contribution >= 4 is 28.9 Å². The molecule has 0 aliphatic carbocycles. The number of fused-ring (bicyclic) bond motifs is 1. The molecular weight excluding hydrogens is 400 g/mol. The zero-order valence-corrected chi connectivity index (χ0v) is 17.5. The van der Waals surface area contributed by atoms with Gasteiger partial charge in [-0.3, -0.25) is 9.78 Å². The Balaban J connectivity index is 1.31. The normalized spacial score (nSPS) is 14.3. The number of para-hydroxylation sites is 1. The first-order valence-electron chi connectivity index (χ1n) is 10.4. The number of benzene rings is 2. The molecule has 0 saturated carbocycles. The molecule has 5 rings (SSSR count). The fourth-order valence-corrected chi connectivity index (χ4v) is 3.73. The van der Waals surface area contributed by atoms with E-state index in [9.17, 15) is 4.79 Å². The Morgan fingerprint density at radius 2 is 1.97 bits per heavy atom. The molecule has 1 amide bonds. The van der Waals surface area contributed by atoms with E-state index in [0.717, 1.165) is 33.8 Å². The maximum atomic E-state index is 12.8. The lowest BCUT2D eigenvalue weighted by Gasteiger charge is -2.14. The molecule has 1 aliphatic heterocycles. The second-order valence-electron chi connectivity index (χ2n) is 7.71. The van der Waals surface area contributed by atoms with Crippen LogP contribution in [0.1, 0.15) is 11.1 Å². The molecule has 0 fully saturated rings. The number of anilines is 4. The average Bonchev–Trinajstić information content (AvgIpc) is 3.27. The van der Waals surface area contributed by atoms with Crippen LogP contribution in [-0.4, -0.2) is 26.9 Å². The van der Waals surface area contributed by atoms with Crippen LogP contribution in [0.4, 0.5) is 23.0 Å². The minimum Gasteiger partial charge on any atom is -0.373 e. The van der Waals surface area contributed by atoms with Gasteiger partial charge in [0.1, 0.15) is 6.04 Å². The fraction of sp³-hybridized carbons (Fsp3) is 0.120. The van der Waals surface area contributed by atoms with Crippen LogP contribution in [0.5, 0.6) is 0 Å². The van der Waals surface area contributed by atoms with E-state index in [-0.39, 0.29) is 11.9 Å². The molecule has 3 heterocycles.